The van der Waals surface area contributed by atoms with Crippen molar-refractivity contribution in [1.29, 1.82) is 0 Å². The first-order valence-electron chi connectivity index (χ1n) is 8.56. The van der Waals surface area contributed by atoms with Crippen molar-refractivity contribution in [1.82, 2.24) is 0 Å². The van der Waals surface area contributed by atoms with E-state index in [1.165, 1.54) is 24.3 Å². The molecule has 0 saturated carbocycles. The summed E-state index contributed by atoms with van der Waals surface area (Å²) in [4.78, 5) is 10.9. The van der Waals surface area contributed by atoms with Crippen LogP contribution in [-0.4, -0.2) is 38.8 Å². The first-order chi connectivity index (χ1) is 12.8. The van der Waals surface area contributed by atoms with Crippen LogP contribution in [0.5, 0.6) is 5.75 Å². The molecule has 2 N–H and O–H groups in total. The fourth-order valence-corrected chi connectivity index (χ4v) is 4.08. The second kappa shape index (κ2) is 7.98. The van der Waals surface area contributed by atoms with Gasteiger partial charge in [0.05, 0.1) is 11.7 Å². The van der Waals surface area contributed by atoms with E-state index in [1.807, 2.05) is 0 Å². The molecule has 0 amide bonds. The molecule has 7 nitrogen and oxygen atoms in total. The minimum Gasteiger partial charge on any atom is -0.489 e. The van der Waals surface area contributed by atoms with Gasteiger partial charge in [-0.15, -0.1) is 0 Å². The molecule has 144 valence electrons. The van der Waals surface area contributed by atoms with Crippen molar-refractivity contribution in [2.75, 3.05) is 17.9 Å². The topological polar surface area (TPSA) is 102 Å². The molecule has 3 rings (SSSR count). The largest absolute Gasteiger partial charge is 0.489 e. The number of rotatable bonds is 7. The van der Waals surface area contributed by atoms with Gasteiger partial charge in [0.1, 0.15) is 17.3 Å². The first kappa shape index (κ1) is 19.2. The van der Waals surface area contributed by atoms with E-state index < -0.39 is 16.0 Å². The van der Waals surface area contributed by atoms with Gasteiger partial charge in [-0.1, -0.05) is 6.07 Å². The molecule has 0 bridgehead atoms. The number of ether oxygens (including phenoxy) is 2. The van der Waals surface area contributed by atoms with Crippen molar-refractivity contribution < 1.29 is 27.8 Å². The third-order valence-electron chi connectivity index (χ3n) is 4.22. The number of carboxylic acid groups (broad SMARTS) is 1. The predicted octanol–water partition coefficient (Wildman–Crippen LogP) is 3.05. The maximum atomic E-state index is 12.9. The molecule has 2 aromatic rings. The minimum absolute atomic E-state index is 0.0293. The molecule has 1 aliphatic rings. The van der Waals surface area contributed by atoms with Gasteiger partial charge in [0.2, 0.25) is 0 Å². The number of benzene rings is 2. The van der Waals surface area contributed by atoms with Crippen molar-refractivity contribution in [2.24, 2.45) is 0 Å². The lowest BCUT2D eigenvalue weighted by Crippen LogP contribution is -2.19. The number of hydrogen-bond acceptors (Lipinski definition) is 5. The number of nitrogens with one attached hydrogen (secondary N) is 1. The van der Waals surface area contributed by atoms with Crippen molar-refractivity contribution >= 4 is 21.7 Å². The maximum absolute atomic E-state index is 12.9. The predicted molar refractivity (Wildman–Crippen MR) is 99.9 cm³/mol. The van der Waals surface area contributed by atoms with Crippen molar-refractivity contribution in [3.05, 3.63) is 53.6 Å². The molecule has 1 heterocycles. The molecule has 0 aliphatic carbocycles. The Balaban J connectivity index is 1.81. The Morgan fingerprint density at radius 2 is 2.00 bits per heavy atom. The summed E-state index contributed by atoms with van der Waals surface area (Å²) in [7, 11) is -3.91. The number of anilines is 1. The van der Waals surface area contributed by atoms with Crippen LogP contribution in [0.2, 0.25) is 0 Å². The van der Waals surface area contributed by atoms with E-state index >= 15 is 0 Å². The number of aryl methyl sites for hydroxylation is 1. The number of hydrogen-bond donors (Lipinski definition) is 2. The molecule has 0 radical (unpaired) electrons. The van der Waals surface area contributed by atoms with Crippen LogP contribution in [-0.2, 0) is 14.8 Å². The summed E-state index contributed by atoms with van der Waals surface area (Å²) in [5, 5.41) is 8.94. The van der Waals surface area contributed by atoms with Crippen LogP contribution >= 0.6 is 0 Å². The van der Waals surface area contributed by atoms with Crippen LogP contribution in [0.3, 0.4) is 0 Å². The highest BCUT2D eigenvalue weighted by Crippen LogP contribution is 2.28. The molecule has 1 aliphatic heterocycles. The van der Waals surface area contributed by atoms with Gasteiger partial charge >= 0.3 is 5.97 Å². The SMILES string of the molecule is Cc1ccc(OCC2CCCO2)c(S(=O)(=O)Nc2ccc(C(=O)O)cc2)c1. The Morgan fingerprint density at radius 1 is 1.26 bits per heavy atom. The van der Waals surface area contributed by atoms with Crippen LogP contribution in [0.1, 0.15) is 28.8 Å². The van der Waals surface area contributed by atoms with Gasteiger partial charge in [0.25, 0.3) is 10.0 Å². The number of carboxylic acids is 1. The zero-order chi connectivity index (χ0) is 19.4. The molecule has 1 unspecified atom stereocenters. The van der Waals surface area contributed by atoms with Gasteiger partial charge in [-0.2, -0.15) is 0 Å². The quantitative estimate of drug-likeness (QED) is 0.752. The average molecular weight is 391 g/mol. The summed E-state index contributed by atoms with van der Waals surface area (Å²) >= 11 is 0. The molecule has 8 heteroatoms. The molecular weight excluding hydrogens is 370 g/mol. The number of carbonyl (C=O) groups is 1. The highest BCUT2D eigenvalue weighted by Gasteiger charge is 2.22. The molecule has 0 aromatic heterocycles. The van der Waals surface area contributed by atoms with Gasteiger partial charge in [-0.05, 0) is 61.7 Å². The van der Waals surface area contributed by atoms with E-state index in [0.717, 1.165) is 18.4 Å². The Morgan fingerprint density at radius 3 is 2.63 bits per heavy atom. The zero-order valence-corrected chi connectivity index (χ0v) is 15.7. The van der Waals surface area contributed by atoms with E-state index in [2.05, 4.69) is 4.72 Å². The van der Waals surface area contributed by atoms with Crippen molar-refractivity contribution in [3.63, 3.8) is 0 Å². The Kier molecular flexibility index (Phi) is 5.67. The van der Waals surface area contributed by atoms with Crippen molar-refractivity contribution in [2.45, 2.75) is 30.8 Å². The summed E-state index contributed by atoms with van der Waals surface area (Å²) in [5.41, 5.74) is 1.13. The molecule has 2 aromatic carbocycles. The third-order valence-corrected chi connectivity index (χ3v) is 5.62. The average Bonchev–Trinajstić information content (AvgIpc) is 3.14. The summed E-state index contributed by atoms with van der Waals surface area (Å²) < 4.78 is 39.4. The smallest absolute Gasteiger partial charge is 0.335 e. The molecule has 0 spiro atoms. The van der Waals surface area contributed by atoms with Crippen LogP contribution in [0.25, 0.3) is 0 Å². The van der Waals surface area contributed by atoms with E-state index in [4.69, 9.17) is 14.6 Å². The van der Waals surface area contributed by atoms with Crippen LogP contribution in [0, 0.1) is 6.92 Å². The second-order valence-corrected chi connectivity index (χ2v) is 8.04. The van der Waals surface area contributed by atoms with Crippen LogP contribution in [0.4, 0.5) is 5.69 Å². The van der Waals surface area contributed by atoms with E-state index in [-0.39, 0.29) is 28.0 Å². The fraction of sp³-hybridized carbons (Fsp3) is 0.316. The number of sulfonamides is 1. The van der Waals surface area contributed by atoms with Crippen molar-refractivity contribution in [3.8, 4) is 5.75 Å². The van der Waals surface area contributed by atoms with E-state index in [1.54, 1.807) is 25.1 Å². The maximum Gasteiger partial charge on any atom is 0.335 e. The molecule has 1 saturated heterocycles. The summed E-state index contributed by atoms with van der Waals surface area (Å²) in [6.07, 6.45) is 1.83. The standard InChI is InChI=1S/C19H21NO6S/c1-13-4-9-17(26-12-16-3-2-10-25-16)18(11-13)27(23,24)20-15-7-5-14(6-8-15)19(21)22/h4-9,11,16,20H,2-3,10,12H2,1H3,(H,21,22). The van der Waals surface area contributed by atoms with Gasteiger partial charge in [0.15, 0.2) is 0 Å². The summed E-state index contributed by atoms with van der Waals surface area (Å²) in [6, 6.07) is 10.4. The third kappa shape index (κ3) is 4.78. The highest BCUT2D eigenvalue weighted by atomic mass is 32.2. The van der Waals surface area contributed by atoms with Gasteiger partial charge < -0.3 is 14.6 Å². The van der Waals surface area contributed by atoms with Gasteiger partial charge in [-0.25, -0.2) is 13.2 Å². The van der Waals surface area contributed by atoms with Crippen LogP contribution < -0.4 is 9.46 Å². The zero-order valence-electron chi connectivity index (χ0n) is 14.8. The second-order valence-electron chi connectivity index (χ2n) is 6.38. The van der Waals surface area contributed by atoms with Gasteiger partial charge in [-0.3, -0.25) is 4.72 Å². The Hall–Kier alpha value is -2.58. The number of aromatic carboxylic acids is 1. The molecule has 27 heavy (non-hydrogen) atoms. The summed E-state index contributed by atoms with van der Waals surface area (Å²) in [5.74, 6) is -0.821. The summed E-state index contributed by atoms with van der Waals surface area (Å²) in [6.45, 7) is 2.78. The fourth-order valence-electron chi connectivity index (χ4n) is 2.79. The molecule has 1 atom stereocenters. The molecule has 1 fully saturated rings. The lowest BCUT2D eigenvalue weighted by Gasteiger charge is -2.16. The van der Waals surface area contributed by atoms with Crippen LogP contribution in [0.15, 0.2) is 47.4 Å². The normalized spacial score (nSPS) is 16.9. The lowest BCUT2D eigenvalue weighted by molar-refractivity contribution is 0.0669. The lowest BCUT2D eigenvalue weighted by atomic mass is 10.2. The first-order valence-corrected chi connectivity index (χ1v) is 10.0. The minimum atomic E-state index is -3.91. The highest BCUT2D eigenvalue weighted by molar-refractivity contribution is 7.92. The van der Waals surface area contributed by atoms with E-state index in [9.17, 15) is 13.2 Å². The van der Waals surface area contributed by atoms with E-state index in [0.29, 0.717) is 13.2 Å². The monoisotopic (exact) mass is 391 g/mol. The van der Waals surface area contributed by atoms with Gasteiger partial charge in [0, 0.05) is 12.3 Å². The Bertz CT molecular complexity index is 918. The molecular formula is C19H21NO6S. The Labute approximate surface area is 158 Å².